The van der Waals surface area contributed by atoms with E-state index < -0.39 is 10.0 Å². The molecule has 1 amide bonds. The zero-order valence-electron chi connectivity index (χ0n) is 17.0. The molecule has 152 valence electrons. The SMILES string of the molecule is Cc1ccc(S(=O)(=O)N2CC[NH+](CC(=O)N[C@@H](C)CCC(C)C)CC2)cc1. The van der Waals surface area contributed by atoms with Gasteiger partial charge in [0.05, 0.1) is 31.1 Å². The largest absolute Gasteiger partial charge is 0.349 e. The minimum Gasteiger partial charge on any atom is -0.349 e. The molecule has 0 aliphatic carbocycles. The molecule has 2 N–H and O–H groups in total. The van der Waals surface area contributed by atoms with E-state index in [4.69, 9.17) is 0 Å². The molecule has 6 nitrogen and oxygen atoms in total. The summed E-state index contributed by atoms with van der Waals surface area (Å²) in [6.07, 6.45) is 2.09. The van der Waals surface area contributed by atoms with E-state index in [1.54, 1.807) is 12.1 Å². The number of carbonyl (C=O) groups excluding carboxylic acids is 1. The van der Waals surface area contributed by atoms with E-state index >= 15 is 0 Å². The van der Waals surface area contributed by atoms with Gasteiger partial charge in [-0.3, -0.25) is 4.79 Å². The van der Waals surface area contributed by atoms with Crippen LogP contribution in [-0.4, -0.2) is 57.4 Å². The van der Waals surface area contributed by atoms with Crippen LogP contribution in [0.2, 0.25) is 0 Å². The third-order valence-corrected chi connectivity index (χ3v) is 7.00. The molecular weight excluding hydrogens is 362 g/mol. The molecule has 0 saturated carbocycles. The quantitative estimate of drug-likeness (QED) is 0.684. The van der Waals surface area contributed by atoms with Gasteiger partial charge in [-0.2, -0.15) is 4.31 Å². The Kier molecular flexibility index (Phi) is 7.82. The van der Waals surface area contributed by atoms with Crippen molar-refractivity contribution in [2.24, 2.45) is 5.92 Å². The lowest BCUT2D eigenvalue weighted by Gasteiger charge is -2.31. The summed E-state index contributed by atoms with van der Waals surface area (Å²) >= 11 is 0. The van der Waals surface area contributed by atoms with Crippen molar-refractivity contribution in [2.75, 3.05) is 32.7 Å². The van der Waals surface area contributed by atoms with Gasteiger partial charge in [0.1, 0.15) is 0 Å². The fourth-order valence-corrected chi connectivity index (χ4v) is 4.73. The molecule has 27 heavy (non-hydrogen) atoms. The maximum absolute atomic E-state index is 12.7. The topological polar surface area (TPSA) is 70.9 Å². The van der Waals surface area contributed by atoms with Crippen molar-refractivity contribution >= 4 is 15.9 Å². The lowest BCUT2D eigenvalue weighted by Crippen LogP contribution is -3.15. The van der Waals surface area contributed by atoms with Gasteiger partial charge in [-0.05, 0) is 44.7 Å². The maximum atomic E-state index is 12.7. The number of hydrogen-bond acceptors (Lipinski definition) is 3. The summed E-state index contributed by atoms with van der Waals surface area (Å²) in [6, 6.07) is 7.15. The Labute approximate surface area is 164 Å². The van der Waals surface area contributed by atoms with Crippen molar-refractivity contribution in [1.29, 1.82) is 0 Å². The summed E-state index contributed by atoms with van der Waals surface area (Å²) in [6.45, 7) is 11.0. The van der Waals surface area contributed by atoms with E-state index in [1.165, 1.54) is 4.31 Å². The molecule has 0 bridgehead atoms. The number of carbonyl (C=O) groups is 1. The Hall–Kier alpha value is -1.44. The fraction of sp³-hybridized carbons (Fsp3) is 0.650. The van der Waals surface area contributed by atoms with Crippen molar-refractivity contribution in [3.63, 3.8) is 0 Å². The van der Waals surface area contributed by atoms with Gasteiger partial charge < -0.3 is 10.2 Å². The van der Waals surface area contributed by atoms with Crippen LogP contribution in [-0.2, 0) is 14.8 Å². The Morgan fingerprint density at radius 3 is 2.26 bits per heavy atom. The van der Waals surface area contributed by atoms with Crippen molar-refractivity contribution in [2.45, 2.75) is 51.5 Å². The van der Waals surface area contributed by atoms with Crippen molar-refractivity contribution in [3.05, 3.63) is 29.8 Å². The maximum Gasteiger partial charge on any atom is 0.275 e. The Morgan fingerprint density at radius 1 is 1.11 bits per heavy atom. The molecular formula is C20H34N3O3S+. The van der Waals surface area contributed by atoms with E-state index in [-0.39, 0.29) is 11.9 Å². The minimum absolute atomic E-state index is 0.0519. The summed E-state index contributed by atoms with van der Waals surface area (Å²) in [7, 11) is -3.45. The molecule has 0 radical (unpaired) electrons. The van der Waals surface area contributed by atoms with Crippen molar-refractivity contribution in [1.82, 2.24) is 9.62 Å². The molecule has 0 spiro atoms. The third-order valence-electron chi connectivity index (χ3n) is 5.08. The molecule has 1 aromatic carbocycles. The van der Waals surface area contributed by atoms with Gasteiger partial charge in [-0.1, -0.05) is 31.5 Å². The fourth-order valence-electron chi connectivity index (χ4n) is 3.29. The van der Waals surface area contributed by atoms with Crippen molar-refractivity contribution in [3.8, 4) is 0 Å². The molecule has 1 fully saturated rings. The highest BCUT2D eigenvalue weighted by Crippen LogP contribution is 2.16. The summed E-state index contributed by atoms with van der Waals surface area (Å²) in [5, 5.41) is 3.06. The van der Waals surface area contributed by atoms with E-state index in [2.05, 4.69) is 19.2 Å². The molecule has 1 atom stereocenters. The van der Waals surface area contributed by atoms with Gasteiger partial charge in [-0.25, -0.2) is 8.42 Å². The lowest BCUT2D eigenvalue weighted by atomic mass is 10.0. The van der Waals surface area contributed by atoms with Crippen LogP contribution in [0.25, 0.3) is 0 Å². The molecule has 1 aliphatic rings. The van der Waals surface area contributed by atoms with Crippen LogP contribution in [0.5, 0.6) is 0 Å². The zero-order valence-corrected chi connectivity index (χ0v) is 17.8. The number of benzene rings is 1. The van der Waals surface area contributed by atoms with Gasteiger partial charge in [0.2, 0.25) is 10.0 Å². The van der Waals surface area contributed by atoms with Gasteiger partial charge in [0, 0.05) is 6.04 Å². The number of amides is 1. The highest BCUT2D eigenvalue weighted by Gasteiger charge is 2.31. The van der Waals surface area contributed by atoms with Crippen LogP contribution in [0.4, 0.5) is 0 Å². The Balaban J connectivity index is 1.81. The van der Waals surface area contributed by atoms with Crippen LogP contribution in [0.1, 0.15) is 39.2 Å². The summed E-state index contributed by atoms with van der Waals surface area (Å²) < 4.78 is 27.0. The number of piperazine rings is 1. The predicted molar refractivity (Wildman–Crippen MR) is 107 cm³/mol. The smallest absolute Gasteiger partial charge is 0.275 e. The predicted octanol–water partition coefficient (Wildman–Crippen LogP) is 0.825. The molecule has 2 rings (SSSR count). The normalized spacial score (nSPS) is 17.8. The van der Waals surface area contributed by atoms with E-state index in [1.807, 2.05) is 26.0 Å². The standard InChI is InChI=1S/C20H33N3O3S/c1-16(2)5-8-18(4)21-20(24)15-22-11-13-23(14-12-22)27(25,26)19-9-6-17(3)7-10-19/h6-7,9-10,16,18H,5,8,11-15H2,1-4H3,(H,21,24)/p+1/t18-/m0/s1. The molecule has 1 saturated heterocycles. The number of nitrogens with zero attached hydrogens (tertiary/aromatic N) is 1. The first-order valence-electron chi connectivity index (χ1n) is 9.88. The van der Waals surface area contributed by atoms with Gasteiger partial charge in [0.25, 0.3) is 5.91 Å². The van der Waals surface area contributed by atoms with Crippen LogP contribution < -0.4 is 10.2 Å². The Morgan fingerprint density at radius 2 is 1.70 bits per heavy atom. The van der Waals surface area contributed by atoms with Crippen LogP contribution in [0, 0.1) is 12.8 Å². The molecule has 7 heteroatoms. The number of aryl methyl sites for hydroxylation is 1. The van der Waals surface area contributed by atoms with E-state index in [0.29, 0.717) is 43.5 Å². The Bertz CT molecular complexity index is 708. The van der Waals surface area contributed by atoms with Gasteiger partial charge >= 0.3 is 0 Å². The highest BCUT2D eigenvalue weighted by molar-refractivity contribution is 7.89. The average Bonchev–Trinajstić information content (AvgIpc) is 2.60. The van der Waals surface area contributed by atoms with Crippen molar-refractivity contribution < 1.29 is 18.1 Å². The summed E-state index contributed by atoms with van der Waals surface area (Å²) in [5.41, 5.74) is 1.04. The average molecular weight is 397 g/mol. The second-order valence-electron chi connectivity index (χ2n) is 8.08. The second-order valence-corrected chi connectivity index (χ2v) is 10.0. The number of quaternary nitrogens is 1. The first kappa shape index (κ1) is 21.9. The first-order valence-corrected chi connectivity index (χ1v) is 11.3. The van der Waals surface area contributed by atoms with Crippen LogP contribution in [0.3, 0.4) is 0 Å². The second kappa shape index (κ2) is 9.66. The monoisotopic (exact) mass is 396 g/mol. The first-order chi connectivity index (χ1) is 12.7. The number of nitrogens with one attached hydrogen (secondary N) is 2. The van der Waals surface area contributed by atoms with Gasteiger partial charge in [-0.15, -0.1) is 0 Å². The van der Waals surface area contributed by atoms with Gasteiger partial charge in [0.15, 0.2) is 6.54 Å². The molecule has 0 aromatic heterocycles. The molecule has 1 heterocycles. The molecule has 1 aromatic rings. The van der Waals surface area contributed by atoms with E-state index in [9.17, 15) is 13.2 Å². The highest BCUT2D eigenvalue weighted by atomic mass is 32.2. The summed E-state index contributed by atoms with van der Waals surface area (Å²) in [5.74, 6) is 0.689. The molecule has 1 aliphatic heterocycles. The summed E-state index contributed by atoms with van der Waals surface area (Å²) in [4.78, 5) is 13.7. The number of rotatable bonds is 8. The number of sulfonamides is 1. The lowest BCUT2D eigenvalue weighted by molar-refractivity contribution is -0.895. The van der Waals surface area contributed by atoms with E-state index in [0.717, 1.165) is 23.3 Å². The zero-order chi connectivity index (χ0) is 20.0. The third kappa shape index (κ3) is 6.59. The van der Waals surface area contributed by atoms with Crippen LogP contribution >= 0.6 is 0 Å². The molecule has 0 unspecified atom stereocenters. The minimum atomic E-state index is -3.45. The number of hydrogen-bond donors (Lipinski definition) is 2. The van der Waals surface area contributed by atoms with Crippen LogP contribution in [0.15, 0.2) is 29.2 Å².